The highest BCUT2D eigenvalue weighted by Crippen LogP contribution is 2.25. The monoisotopic (exact) mass is 454 g/mol. The van der Waals surface area contributed by atoms with E-state index in [1.807, 2.05) is 31.2 Å². The van der Waals surface area contributed by atoms with Gasteiger partial charge < -0.3 is 14.1 Å². The zero-order chi connectivity index (χ0) is 22.7. The molecule has 0 saturated carbocycles. The SMILES string of the molecule is Cc1oc(-c2ccc(OCc3ccc(S(C)(=O)=O)cc3)cc2)nc1CCN1CCC[C@H]1C. The summed E-state index contributed by atoms with van der Waals surface area (Å²) in [5.41, 5.74) is 2.84. The summed E-state index contributed by atoms with van der Waals surface area (Å²) in [7, 11) is -3.19. The smallest absolute Gasteiger partial charge is 0.226 e. The van der Waals surface area contributed by atoms with Crippen molar-refractivity contribution < 1.29 is 17.6 Å². The van der Waals surface area contributed by atoms with Gasteiger partial charge in [0.15, 0.2) is 9.84 Å². The topological polar surface area (TPSA) is 72.6 Å². The predicted octanol–water partition coefficient (Wildman–Crippen LogP) is 4.66. The predicted molar refractivity (Wildman–Crippen MR) is 125 cm³/mol. The van der Waals surface area contributed by atoms with Crippen LogP contribution in [0.15, 0.2) is 57.8 Å². The van der Waals surface area contributed by atoms with Crippen molar-refractivity contribution in [1.82, 2.24) is 9.88 Å². The molecule has 1 aliphatic rings. The molecule has 1 saturated heterocycles. The van der Waals surface area contributed by atoms with Gasteiger partial charge in [-0.2, -0.15) is 0 Å². The lowest BCUT2D eigenvalue weighted by atomic mass is 10.2. The molecular weight excluding hydrogens is 424 g/mol. The third kappa shape index (κ3) is 5.40. The maximum atomic E-state index is 11.6. The van der Waals surface area contributed by atoms with E-state index in [-0.39, 0.29) is 0 Å². The van der Waals surface area contributed by atoms with Crippen molar-refractivity contribution in [3.63, 3.8) is 0 Å². The maximum absolute atomic E-state index is 11.6. The van der Waals surface area contributed by atoms with Gasteiger partial charge in [-0.05, 0) is 75.2 Å². The first-order valence-electron chi connectivity index (χ1n) is 11.0. The van der Waals surface area contributed by atoms with Crippen LogP contribution in [0.2, 0.25) is 0 Å². The minimum Gasteiger partial charge on any atom is -0.489 e. The summed E-state index contributed by atoms with van der Waals surface area (Å²) in [5, 5.41) is 0. The summed E-state index contributed by atoms with van der Waals surface area (Å²) < 4.78 is 34.9. The highest BCUT2D eigenvalue weighted by atomic mass is 32.2. The Morgan fingerprint density at radius 1 is 1.12 bits per heavy atom. The molecule has 0 bridgehead atoms. The summed E-state index contributed by atoms with van der Waals surface area (Å²) in [6.45, 7) is 6.83. The fourth-order valence-electron chi connectivity index (χ4n) is 4.05. The fraction of sp³-hybridized carbons (Fsp3) is 0.400. The fourth-order valence-corrected chi connectivity index (χ4v) is 4.68. The number of nitrogens with zero attached hydrogens (tertiary/aromatic N) is 2. The van der Waals surface area contributed by atoms with Crippen molar-refractivity contribution >= 4 is 9.84 Å². The van der Waals surface area contributed by atoms with E-state index in [9.17, 15) is 8.42 Å². The van der Waals surface area contributed by atoms with Gasteiger partial charge in [0.05, 0.1) is 10.6 Å². The number of aromatic nitrogens is 1. The zero-order valence-electron chi connectivity index (χ0n) is 18.9. The average Bonchev–Trinajstić information content (AvgIpc) is 3.35. The average molecular weight is 455 g/mol. The molecule has 0 aliphatic carbocycles. The van der Waals surface area contributed by atoms with E-state index in [4.69, 9.17) is 14.1 Å². The van der Waals surface area contributed by atoms with Crippen LogP contribution >= 0.6 is 0 Å². The molecule has 7 heteroatoms. The van der Waals surface area contributed by atoms with Crippen molar-refractivity contribution in [2.24, 2.45) is 0 Å². The second-order valence-corrected chi connectivity index (χ2v) is 10.5. The lowest BCUT2D eigenvalue weighted by Crippen LogP contribution is -2.29. The van der Waals surface area contributed by atoms with Crippen molar-refractivity contribution in [2.75, 3.05) is 19.3 Å². The van der Waals surface area contributed by atoms with E-state index in [1.54, 1.807) is 24.3 Å². The van der Waals surface area contributed by atoms with Crippen LogP contribution in [0.4, 0.5) is 0 Å². The molecule has 3 aromatic rings. The molecular formula is C25H30N2O4S. The van der Waals surface area contributed by atoms with Crippen LogP contribution in [0.25, 0.3) is 11.5 Å². The third-order valence-electron chi connectivity index (χ3n) is 6.08. The summed E-state index contributed by atoms with van der Waals surface area (Å²) in [5.74, 6) is 2.24. The van der Waals surface area contributed by atoms with E-state index in [1.165, 1.54) is 25.6 Å². The van der Waals surface area contributed by atoms with Crippen LogP contribution in [0.5, 0.6) is 5.75 Å². The van der Waals surface area contributed by atoms with Crippen molar-refractivity contribution in [2.45, 2.75) is 50.7 Å². The minimum absolute atomic E-state index is 0.307. The van der Waals surface area contributed by atoms with E-state index < -0.39 is 9.84 Å². The van der Waals surface area contributed by atoms with Crippen molar-refractivity contribution in [1.29, 1.82) is 0 Å². The number of likely N-dealkylation sites (tertiary alicyclic amines) is 1. The van der Waals surface area contributed by atoms with Crippen LogP contribution in [0, 0.1) is 6.92 Å². The standard InChI is InChI=1S/C25H30N2O4S/c1-18-5-4-15-27(18)16-14-24-19(2)31-25(26-24)21-8-10-22(11-9-21)30-17-20-6-12-23(13-7-20)32(3,28)29/h6-13,18H,4-5,14-17H2,1-3H3/t18-/m1/s1. The molecule has 2 aromatic carbocycles. The number of oxazole rings is 1. The molecule has 1 aliphatic heterocycles. The summed E-state index contributed by atoms with van der Waals surface area (Å²) in [6.07, 6.45) is 4.67. The van der Waals surface area contributed by atoms with Crippen LogP contribution in [0.3, 0.4) is 0 Å². The largest absolute Gasteiger partial charge is 0.489 e. The van der Waals surface area contributed by atoms with Gasteiger partial charge in [-0.1, -0.05) is 12.1 Å². The van der Waals surface area contributed by atoms with Gasteiger partial charge >= 0.3 is 0 Å². The highest BCUT2D eigenvalue weighted by Gasteiger charge is 2.21. The number of hydrogen-bond donors (Lipinski definition) is 0. The van der Waals surface area contributed by atoms with Gasteiger partial charge in [0.25, 0.3) is 0 Å². The van der Waals surface area contributed by atoms with Gasteiger partial charge in [-0.15, -0.1) is 0 Å². The van der Waals surface area contributed by atoms with Gasteiger partial charge in [-0.3, -0.25) is 0 Å². The van der Waals surface area contributed by atoms with E-state index >= 15 is 0 Å². The highest BCUT2D eigenvalue weighted by molar-refractivity contribution is 7.90. The quantitative estimate of drug-likeness (QED) is 0.493. The lowest BCUT2D eigenvalue weighted by molar-refractivity contribution is 0.271. The molecule has 1 atom stereocenters. The molecule has 1 aromatic heterocycles. The normalized spacial score (nSPS) is 17.0. The van der Waals surface area contributed by atoms with Crippen LogP contribution in [0.1, 0.15) is 36.8 Å². The van der Waals surface area contributed by atoms with Crippen LogP contribution < -0.4 is 4.74 Å². The van der Waals surface area contributed by atoms with Crippen LogP contribution in [-0.2, 0) is 22.9 Å². The molecule has 1 fully saturated rings. The van der Waals surface area contributed by atoms with Crippen LogP contribution in [-0.4, -0.2) is 43.7 Å². The van der Waals surface area contributed by atoms with Crippen molar-refractivity contribution in [3.05, 3.63) is 65.5 Å². The Morgan fingerprint density at radius 3 is 2.47 bits per heavy atom. The summed E-state index contributed by atoms with van der Waals surface area (Å²) in [6, 6.07) is 15.1. The molecule has 0 unspecified atom stereocenters. The van der Waals surface area contributed by atoms with Gasteiger partial charge in [0, 0.05) is 30.8 Å². The number of benzene rings is 2. The molecule has 4 rings (SSSR count). The second-order valence-electron chi connectivity index (χ2n) is 8.53. The Hall–Kier alpha value is -2.64. The lowest BCUT2D eigenvalue weighted by Gasteiger charge is -2.20. The van der Waals surface area contributed by atoms with Gasteiger partial charge in [0.1, 0.15) is 18.1 Å². The summed E-state index contributed by atoms with van der Waals surface area (Å²) >= 11 is 0. The van der Waals surface area contributed by atoms with Gasteiger partial charge in [-0.25, -0.2) is 13.4 Å². The minimum atomic E-state index is -3.19. The Balaban J connectivity index is 1.35. The third-order valence-corrected chi connectivity index (χ3v) is 7.21. The maximum Gasteiger partial charge on any atom is 0.226 e. The first kappa shape index (κ1) is 22.6. The number of ether oxygens (including phenoxy) is 1. The first-order valence-corrected chi connectivity index (χ1v) is 12.9. The van der Waals surface area contributed by atoms with E-state index in [2.05, 4.69) is 11.8 Å². The number of rotatable bonds is 8. The molecule has 2 heterocycles. The molecule has 0 N–H and O–H groups in total. The number of sulfone groups is 1. The first-order chi connectivity index (χ1) is 15.3. The molecule has 6 nitrogen and oxygen atoms in total. The molecule has 32 heavy (non-hydrogen) atoms. The van der Waals surface area contributed by atoms with Gasteiger partial charge in [0.2, 0.25) is 5.89 Å². The Bertz CT molecular complexity index is 1150. The molecule has 0 spiro atoms. The van der Waals surface area contributed by atoms with E-state index in [0.717, 1.165) is 41.3 Å². The number of hydrogen-bond acceptors (Lipinski definition) is 6. The Morgan fingerprint density at radius 2 is 1.84 bits per heavy atom. The molecule has 0 amide bonds. The Kier molecular flexibility index (Phi) is 6.67. The van der Waals surface area contributed by atoms with E-state index in [0.29, 0.717) is 23.4 Å². The molecule has 170 valence electrons. The second kappa shape index (κ2) is 9.46. The Labute approximate surface area is 190 Å². The van der Waals surface area contributed by atoms with Crippen molar-refractivity contribution in [3.8, 4) is 17.2 Å². The molecule has 0 radical (unpaired) electrons. The summed E-state index contributed by atoms with van der Waals surface area (Å²) in [4.78, 5) is 7.56. The number of aryl methyl sites for hydroxylation is 1. The zero-order valence-corrected chi connectivity index (χ0v) is 19.7.